The number of carbonyl (C=O) groups excluding carboxylic acids is 1. The summed E-state index contributed by atoms with van der Waals surface area (Å²) in [7, 11) is 0. The molecule has 0 radical (unpaired) electrons. The van der Waals surface area contributed by atoms with Crippen LogP contribution < -0.4 is 16.6 Å². The molecule has 1 rings (SSSR count). The summed E-state index contributed by atoms with van der Waals surface area (Å²) >= 11 is 0. The maximum Gasteiger partial charge on any atom is 0.235 e. The van der Waals surface area contributed by atoms with Crippen LogP contribution in [0.25, 0.3) is 0 Å². The van der Waals surface area contributed by atoms with Crippen molar-refractivity contribution < 1.29 is 4.79 Å². The average Bonchev–Trinajstić information content (AvgIpc) is 2.03. The molecular formula is C8H11N3O. The Morgan fingerprint density at radius 2 is 1.92 bits per heavy atom. The molecule has 0 aromatic heterocycles. The van der Waals surface area contributed by atoms with Crippen LogP contribution in [-0.4, -0.2) is 5.91 Å². The van der Waals surface area contributed by atoms with E-state index in [2.05, 4.69) is 10.9 Å². The Balaban J connectivity index is 2.53. The molecule has 1 aromatic rings. The minimum Gasteiger partial charge on any atom is -0.399 e. The van der Waals surface area contributed by atoms with Crippen molar-refractivity contribution >= 4 is 17.3 Å². The molecule has 0 aliphatic carbocycles. The van der Waals surface area contributed by atoms with Crippen molar-refractivity contribution in [3.05, 3.63) is 24.3 Å². The predicted octanol–water partition coefficient (Wildman–Crippen LogP) is 0.732. The first-order chi connectivity index (χ1) is 5.68. The fraction of sp³-hybridized carbons (Fsp3) is 0.125. The van der Waals surface area contributed by atoms with E-state index in [0.717, 1.165) is 5.69 Å². The van der Waals surface area contributed by atoms with Gasteiger partial charge in [0.05, 0.1) is 5.69 Å². The maximum absolute atomic E-state index is 10.5. The van der Waals surface area contributed by atoms with Gasteiger partial charge in [0.15, 0.2) is 0 Å². The van der Waals surface area contributed by atoms with Gasteiger partial charge in [0.1, 0.15) is 0 Å². The second-order valence-corrected chi connectivity index (χ2v) is 2.43. The standard InChI is InChI=1S/C8H11N3O/c1-6(12)10-11-8-4-2-7(9)3-5-8/h2-5,11H,9H2,1H3,(H,10,12). The highest BCUT2D eigenvalue weighted by atomic mass is 16.2. The first kappa shape index (κ1) is 8.39. The van der Waals surface area contributed by atoms with Gasteiger partial charge in [-0.1, -0.05) is 0 Å². The van der Waals surface area contributed by atoms with Crippen molar-refractivity contribution in [2.75, 3.05) is 11.2 Å². The van der Waals surface area contributed by atoms with Crippen molar-refractivity contribution in [2.24, 2.45) is 0 Å². The Bertz CT molecular complexity index is 268. The van der Waals surface area contributed by atoms with Crippen LogP contribution in [0.4, 0.5) is 11.4 Å². The van der Waals surface area contributed by atoms with Gasteiger partial charge >= 0.3 is 0 Å². The van der Waals surface area contributed by atoms with Crippen LogP contribution >= 0.6 is 0 Å². The van der Waals surface area contributed by atoms with E-state index >= 15 is 0 Å². The van der Waals surface area contributed by atoms with Crippen molar-refractivity contribution in [3.63, 3.8) is 0 Å². The molecule has 12 heavy (non-hydrogen) atoms. The van der Waals surface area contributed by atoms with E-state index in [1.165, 1.54) is 6.92 Å². The van der Waals surface area contributed by atoms with Crippen molar-refractivity contribution in [1.29, 1.82) is 0 Å². The molecule has 64 valence electrons. The lowest BCUT2D eigenvalue weighted by Gasteiger charge is -2.05. The quantitative estimate of drug-likeness (QED) is 0.447. The molecule has 4 N–H and O–H groups in total. The van der Waals surface area contributed by atoms with Crippen LogP contribution in [0.15, 0.2) is 24.3 Å². The molecule has 0 atom stereocenters. The SMILES string of the molecule is CC(=O)NNc1ccc(N)cc1. The van der Waals surface area contributed by atoms with Gasteiger partial charge in [-0.2, -0.15) is 0 Å². The molecule has 4 nitrogen and oxygen atoms in total. The largest absolute Gasteiger partial charge is 0.399 e. The lowest BCUT2D eigenvalue weighted by atomic mass is 10.3. The molecule has 0 aliphatic rings. The molecule has 0 bridgehead atoms. The fourth-order valence-electron chi connectivity index (χ4n) is 0.727. The van der Waals surface area contributed by atoms with E-state index < -0.39 is 0 Å². The normalized spacial score (nSPS) is 9.08. The number of anilines is 2. The summed E-state index contributed by atoms with van der Waals surface area (Å²) in [4.78, 5) is 10.5. The van der Waals surface area contributed by atoms with Gasteiger partial charge in [-0.15, -0.1) is 0 Å². The zero-order chi connectivity index (χ0) is 8.97. The number of nitrogen functional groups attached to an aromatic ring is 1. The monoisotopic (exact) mass is 165 g/mol. The number of nitrogens with one attached hydrogen (secondary N) is 2. The van der Waals surface area contributed by atoms with Gasteiger partial charge in [-0.3, -0.25) is 15.6 Å². The number of hydrazine groups is 1. The van der Waals surface area contributed by atoms with E-state index in [0.29, 0.717) is 5.69 Å². The van der Waals surface area contributed by atoms with Crippen LogP contribution in [0.5, 0.6) is 0 Å². The molecular weight excluding hydrogens is 154 g/mol. The third kappa shape index (κ3) is 2.49. The number of amides is 1. The number of carbonyl (C=O) groups is 1. The smallest absolute Gasteiger partial charge is 0.235 e. The summed E-state index contributed by atoms with van der Waals surface area (Å²) in [5, 5.41) is 0. The van der Waals surface area contributed by atoms with E-state index in [9.17, 15) is 4.79 Å². The minimum absolute atomic E-state index is 0.133. The molecule has 0 saturated heterocycles. The number of rotatable bonds is 2. The zero-order valence-corrected chi connectivity index (χ0v) is 6.79. The van der Waals surface area contributed by atoms with Gasteiger partial charge in [0.2, 0.25) is 5.91 Å². The number of hydrogen-bond acceptors (Lipinski definition) is 3. The van der Waals surface area contributed by atoms with Gasteiger partial charge < -0.3 is 5.73 Å². The summed E-state index contributed by atoms with van der Waals surface area (Å²) in [5.41, 5.74) is 12.1. The average molecular weight is 165 g/mol. The van der Waals surface area contributed by atoms with Gasteiger partial charge in [0.25, 0.3) is 0 Å². The first-order valence-electron chi connectivity index (χ1n) is 3.56. The second-order valence-electron chi connectivity index (χ2n) is 2.43. The molecule has 0 unspecified atom stereocenters. The molecule has 0 spiro atoms. The van der Waals surface area contributed by atoms with Gasteiger partial charge in [-0.25, -0.2) is 0 Å². The number of hydrogen-bond donors (Lipinski definition) is 3. The van der Waals surface area contributed by atoms with Crippen molar-refractivity contribution in [3.8, 4) is 0 Å². The minimum atomic E-state index is -0.133. The van der Waals surface area contributed by atoms with Crippen LogP contribution in [0.3, 0.4) is 0 Å². The Morgan fingerprint density at radius 1 is 1.33 bits per heavy atom. The molecule has 1 amide bonds. The van der Waals surface area contributed by atoms with Crippen molar-refractivity contribution in [1.82, 2.24) is 5.43 Å². The lowest BCUT2D eigenvalue weighted by molar-refractivity contribution is -0.118. The first-order valence-corrected chi connectivity index (χ1v) is 3.56. The zero-order valence-electron chi connectivity index (χ0n) is 6.79. The summed E-state index contributed by atoms with van der Waals surface area (Å²) < 4.78 is 0. The molecule has 0 saturated carbocycles. The summed E-state index contributed by atoms with van der Waals surface area (Å²) in [6, 6.07) is 7.07. The molecule has 0 fully saturated rings. The van der Waals surface area contributed by atoms with Crippen LogP contribution in [0.1, 0.15) is 6.92 Å². The summed E-state index contributed by atoms with van der Waals surface area (Å²) in [5.74, 6) is -0.133. The maximum atomic E-state index is 10.5. The van der Waals surface area contributed by atoms with Crippen LogP contribution in [-0.2, 0) is 4.79 Å². The van der Waals surface area contributed by atoms with E-state index in [-0.39, 0.29) is 5.91 Å². The number of nitrogens with two attached hydrogens (primary N) is 1. The van der Waals surface area contributed by atoms with Crippen molar-refractivity contribution in [2.45, 2.75) is 6.92 Å². The van der Waals surface area contributed by atoms with Crippen LogP contribution in [0, 0.1) is 0 Å². The summed E-state index contributed by atoms with van der Waals surface area (Å²) in [6.07, 6.45) is 0. The predicted molar refractivity (Wildman–Crippen MR) is 48.3 cm³/mol. The Labute approximate surface area is 70.7 Å². The van der Waals surface area contributed by atoms with Crippen LogP contribution in [0.2, 0.25) is 0 Å². The molecule has 0 aliphatic heterocycles. The Hall–Kier alpha value is -1.71. The molecule has 0 heterocycles. The van der Waals surface area contributed by atoms with E-state index in [1.54, 1.807) is 24.3 Å². The summed E-state index contributed by atoms with van der Waals surface area (Å²) in [6.45, 7) is 1.43. The van der Waals surface area contributed by atoms with E-state index in [1.807, 2.05) is 0 Å². The third-order valence-electron chi connectivity index (χ3n) is 1.29. The highest BCUT2D eigenvalue weighted by molar-refractivity contribution is 5.74. The molecule has 1 aromatic carbocycles. The van der Waals surface area contributed by atoms with Gasteiger partial charge in [-0.05, 0) is 24.3 Å². The lowest BCUT2D eigenvalue weighted by Crippen LogP contribution is -2.26. The number of benzene rings is 1. The highest BCUT2D eigenvalue weighted by Crippen LogP contribution is 2.08. The molecule has 4 heteroatoms. The Kier molecular flexibility index (Phi) is 2.53. The topological polar surface area (TPSA) is 67.2 Å². The highest BCUT2D eigenvalue weighted by Gasteiger charge is 1.91. The fourth-order valence-corrected chi connectivity index (χ4v) is 0.727. The second kappa shape index (κ2) is 3.61. The Morgan fingerprint density at radius 3 is 2.42 bits per heavy atom. The third-order valence-corrected chi connectivity index (χ3v) is 1.29. The van der Waals surface area contributed by atoms with Gasteiger partial charge in [0, 0.05) is 12.6 Å². The van der Waals surface area contributed by atoms with E-state index in [4.69, 9.17) is 5.73 Å².